The van der Waals surface area contributed by atoms with Crippen molar-refractivity contribution in [2.24, 2.45) is 0 Å². The Morgan fingerprint density at radius 3 is 2.57 bits per heavy atom. The normalized spacial score (nSPS) is 11.5. The lowest BCUT2D eigenvalue weighted by Gasteiger charge is -2.04. The van der Waals surface area contributed by atoms with Crippen LogP contribution in [-0.2, 0) is 10.0 Å². The lowest BCUT2D eigenvalue weighted by Crippen LogP contribution is -2.13. The van der Waals surface area contributed by atoms with Gasteiger partial charge in [0.05, 0.1) is 18.2 Å². The van der Waals surface area contributed by atoms with Gasteiger partial charge in [0.25, 0.3) is 10.0 Å². The summed E-state index contributed by atoms with van der Waals surface area (Å²) < 4.78 is 30.8. The summed E-state index contributed by atoms with van der Waals surface area (Å²) >= 11 is 1.51. The quantitative estimate of drug-likeness (QED) is 0.737. The zero-order chi connectivity index (χ0) is 14.9. The van der Waals surface area contributed by atoms with Crippen LogP contribution in [0.4, 0.5) is 0 Å². The molecule has 1 aromatic carbocycles. The van der Waals surface area contributed by atoms with Gasteiger partial charge in [-0.3, -0.25) is 0 Å². The number of hydrogen-bond donors (Lipinski definition) is 0. The number of methoxy groups -OCH3 is 1. The summed E-state index contributed by atoms with van der Waals surface area (Å²) in [6, 6.07) is 7.98. The fourth-order valence-electron chi connectivity index (χ4n) is 1.76. The van der Waals surface area contributed by atoms with Crippen molar-refractivity contribution >= 4 is 21.4 Å². The van der Waals surface area contributed by atoms with Crippen LogP contribution in [0.1, 0.15) is 0 Å². The molecule has 0 aliphatic rings. The van der Waals surface area contributed by atoms with Gasteiger partial charge in [-0.05, 0) is 35.7 Å². The van der Waals surface area contributed by atoms with Crippen molar-refractivity contribution in [3.8, 4) is 17.0 Å². The molecule has 0 N–H and O–H groups in total. The van der Waals surface area contributed by atoms with E-state index in [1.165, 1.54) is 36.8 Å². The molecule has 0 saturated heterocycles. The predicted octanol–water partition coefficient (Wildman–Crippen LogP) is 2.25. The zero-order valence-electron chi connectivity index (χ0n) is 11.0. The monoisotopic (exact) mass is 321 g/mol. The van der Waals surface area contributed by atoms with Crippen molar-refractivity contribution in [3.63, 3.8) is 0 Å². The second-order valence-corrected chi connectivity index (χ2v) is 6.74. The first-order valence-corrected chi connectivity index (χ1v) is 8.34. The number of aromatic nitrogens is 3. The lowest BCUT2D eigenvalue weighted by molar-refractivity contribution is 0.414. The molecule has 0 radical (unpaired) electrons. The highest BCUT2D eigenvalue weighted by atomic mass is 32.2. The number of rotatable bonds is 4. The van der Waals surface area contributed by atoms with E-state index in [4.69, 9.17) is 4.74 Å². The fourth-order valence-corrected chi connectivity index (χ4v) is 3.48. The van der Waals surface area contributed by atoms with Gasteiger partial charge in [0.2, 0.25) is 0 Å². The molecule has 0 aliphatic heterocycles. The van der Waals surface area contributed by atoms with Crippen LogP contribution < -0.4 is 4.74 Å². The number of hydrogen-bond acceptors (Lipinski definition) is 6. The summed E-state index contributed by atoms with van der Waals surface area (Å²) in [5, 5.41) is 11.4. The molecule has 3 aromatic rings. The molecule has 0 atom stereocenters. The van der Waals surface area contributed by atoms with Crippen LogP contribution in [0.15, 0.2) is 52.2 Å². The third kappa shape index (κ3) is 2.55. The Labute approximate surface area is 125 Å². The van der Waals surface area contributed by atoms with Gasteiger partial charge in [0.1, 0.15) is 11.4 Å². The van der Waals surface area contributed by atoms with E-state index in [9.17, 15) is 8.42 Å². The van der Waals surface area contributed by atoms with Crippen LogP contribution in [0.5, 0.6) is 5.75 Å². The second kappa shape index (κ2) is 5.30. The molecular weight excluding hydrogens is 310 g/mol. The van der Waals surface area contributed by atoms with Gasteiger partial charge >= 0.3 is 0 Å². The van der Waals surface area contributed by atoms with Gasteiger partial charge in [-0.1, -0.05) is 5.21 Å². The van der Waals surface area contributed by atoms with E-state index in [1.54, 1.807) is 12.1 Å². The smallest absolute Gasteiger partial charge is 0.284 e. The molecule has 0 spiro atoms. The minimum Gasteiger partial charge on any atom is -0.497 e. The maximum Gasteiger partial charge on any atom is 0.284 e. The Morgan fingerprint density at radius 2 is 1.95 bits per heavy atom. The molecule has 0 bridgehead atoms. The summed E-state index contributed by atoms with van der Waals surface area (Å²) in [6.07, 6.45) is 1.40. The third-order valence-corrected chi connectivity index (χ3v) is 5.12. The minimum absolute atomic E-state index is 0.130. The van der Waals surface area contributed by atoms with Crippen LogP contribution in [0, 0.1) is 0 Å². The van der Waals surface area contributed by atoms with Gasteiger partial charge in [-0.2, -0.15) is 19.8 Å². The summed E-state index contributed by atoms with van der Waals surface area (Å²) in [6.45, 7) is 0. The Balaban J connectivity index is 1.98. The van der Waals surface area contributed by atoms with E-state index >= 15 is 0 Å². The number of nitrogens with zero attached hydrogens (tertiary/aromatic N) is 3. The highest BCUT2D eigenvalue weighted by molar-refractivity contribution is 7.89. The number of benzene rings is 1. The standard InChI is InChI=1S/C13H11N3O3S2/c1-19-11-2-4-12(5-3-11)21(17,18)16-8-13(14-15-16)10-6-7-20-9-10/h2-9H,1H3. The van der Waals surface area contributed by atoms with Crippen LogP contribution in [0.2, 0.25) is 0 Å². The molecule has 0 unspecified atom stereocenters. The van der Waals surface area contributed by atoms with Gasteiger partial charge < -0.3 is 4.74 Å². The molecule has 0 aliphatic carbocycles. The Bertz CT molecular complexity index is 837. The first-order valence-electron chi connectivity index (χ1n) is 5.96. The van der Waals surface area contributed by atoms with Crippen LogP contribution in [0.3, 0.4) is 0 Å². The topological polar surface area (TPSA) is 74.1 Å². The van der Waals surface area contributed by atoms with E-state index in [0.29, 0.717) is 11.4 Å². The molecule has 3 rings (SSSR count). The molecule has 2 heterocycles. The van der Waals surface area contributed by atoms with E-state index < -0.39 is 10.0 Å². The molecule has 0 saturated carbocycles. The fraction of sp³-hybridized carbons (Fsp3) is 0.0769. The summed E-state index contributed by atoms with van der Waals surface area (Å²) in [7, 11) is -2.22. The summed E-state index contributed by atoms with van der Waals surface area (Å²) in [5.41, 5.74) is 1.37. The minimum atomic E-state index is -3.74. The first kappa shape index (κ1) is 13.8. The Morgan fingerprint density at radius 1 is 1.19 bits per heavy atom. The van der Waals surface area contributed by atoms with Gasteiger partial charge in [0, 0.05) is 10.9 Å². The zero-order valence-corrected chi connectivity index (χ0v) is 12.6. The van der Waals surface area contributed by atoms with E-state index in [-0.39, 0.29) is 4.90 Å². The van der Waals surface area contributed by atoms with Crippen molar-refractivity contribution in [2.75, 3.05) is 7.11 Å². The van der Waals surface area contributed by atoms with Crippen molar-refractivity contribution < 1.29 is 13.2 Å². The van der Waals surface area contributed by atoms with Crippen molar-refractivity contribution in [3.05, 3.63) is 47.3 Å². The second-order valence-electron chi connectivity index (χ2n) is 4.17. The lowest BCUT2D eigenvalue weighted by atomic mass is 10.3. The summed E-state index contributed by atoms with van der Waals surface area (Å²) in [5.74, 6) is 0.589. The summed E-state index contributed by atoms with van der Waals surface area (Å²) in [4.78, 5) is 0.130. The molecular formula is C13H11N3O3S2. The first-order chi connectivity index (χ1) is 10.1. The van der Waals surface area contributed by atoms with Crippen molar-refractivity contribution in [1.29, 1.82) is 0 Å². The highest BCUT2D eigenvalue weighted by Gasteiger charge is 2.19. The average Bonchev–Trinajstić information content (AvgIpc) is 3.18. The van der Waals surface area contributed by atoms with Gasteiger partial charge in [-0.15, -0.1) is 9.19 Å². The molecule has 0 amide bonds. The SMILES string of the molecule is COc1ccc(S(=O)(=O)n2cc(-c3ccsc3)nn2)cc1. The van der Waals surface area contributed by atoms with Gasteiger partial charge in [0.15, 0.2) is 0 Å². The van der Waals surface area contributed by atoms with Crippen LogP contribution in [-0.4, -0.2) is 29.9 Å². The van der Waals surface area contributed by atoms with Crippen LogP contribution in [0.25, 0.3) is 11.3 Å². The largest absolute Gasteiger partial charge is 0.497 e. The number of ether oxygens (including phenoxy) is 1. The van der Waals surface area contributed by atoms with E-state index in [2.05, 4.69) is 10.3 Å². The van der Waals surface area contributed by atoms with Crippen LogP contribution >= 0.6 is 11.3 Å². The molecule has 6 nitrogen and oxygen atoms in total. The molecule has 0 fully saturated rings. The van der Waals surface area contributed by atoms with E-state index in [0.717, 1.165) is 9.65 Å². The van der Waals surface area contributed by atoms with E-state index in [1.807, 2.05) is 16.8 Å². The van der Waals surface area contributed by atoms with Crippen molar-refractivity contribution in [1.82, 2.24) is 14.4 Å². The highest BCUT2D eigenvalue weighted by Crippen LogP contribution is 2.22. The maximum absolute atomic E-state index is 12.4. The van der Waals surface area contributed by atoms with Gasteiger partial charge in [-0.25, -0.2) is 0 Å². The maximum atomic E-state index is 12.4. The molecule has 21 heavy (non-hydrogen) atoms. The number of thiophene rings is 1. The molecule has 2 aromatic heterocycles. The molecule has 8 heteroatoms. The Hall–Kier alpha value is -2.19. The average molecular weight is 321 g/mol. The molecule has 108 valence electrons. The van der Waals surface area contributed by atoms with Crippen molar-refractivity contribution in [2.45, 2.75) is 4.90 Å². The Kier molecular flexibility index (Phi) is 3.48. The third-order valence-electron chi connectivity index (χ3n) is 2.89. The predicted molar refractivity (Wildman–Crippen MR) is 78.9 cm³/mol.